The van der Waals surface area contributed by atoms with Crippen LogP contribution in [0.4, 0.5) is 0 Å². The van der Waals surface area contributed by atoms with E-state index < -0.39 is 42.8 Å². The summed E-state index contributed by atoms with van der Waals surface area (Å²) in [7, 11) is -11.9. The van der Waals surface area contributed by atoms with Crippen LogP contribution in [-0.4, -0.2) is 42.8 Å². The fourth-order valence-corrected chi connectivity index (χ4v) is 31.1. The van der Waals surface area contributed by atoms with Crippen molar-refractivity contribution in [1.82, 2.24) is 0 Å². The zero-order valence-corrected chi connectivity index (χ0v) is 22.1. The summed E-state index contributed by atoms with van der Waals surface area (Å²) in [4.78, 5) is 0. The van der Waals surface area contributed by atoms with E-state index in [-0.39, 0.29) is 0 Å². The van der Waals surface area contributed by atoms with Crippen molar-refractivity contribution in [2.45, 2.75) is 65.0 Å². The molecule has 0 atom stereocenters. The fourth-order valence-electron chi connectivity index (χ4n) is 4.05. The molecule has 0 bridgehead atoms. The van der Waals surface area contributed by atoms with Gasteiger partial charge in [-0.25, -0.2) is 0 Å². The quantitative estimate of drug-likeness (QED) is 0.589. The summed E-state index contributed by atoms with van der Waals surface area (Å²) in [6.07, 6.45) is 8.63. The van der Waals surface area contributed by atoms with Gasteiger partial charge in [-0.15, -0.1) is 0 Å². The molecule has 2 aliphatic rings. The minimum absolute atomic E-state index is 0.376. The topological polar surface area (TPSA) is 46.2 Å². The molecule has 1 fully saturated rings. The molecular weight excluding hydrogens is 401 g/mol. The van der Waals surface area contributed by atoms with Crippen molar-refractivity contribution in [2.75, 3.05) is 0 Å². The average Bonchev–Trinajstić information content (AvgIpc) is 2.70. The van der Waals surface area contributed by atoms with Gasteiger partial charge in [0.1, 0.15) is 0 Å². The maximum atomic E-state index is 6.69. The molecule has 0 aromatic rings. The first-order chi connectivity index (χ1) is 11.1. The summed E-state index contributed by atoms with van der Waals surface area (Å²) in [6.45, 7) is 19.0. The highest BCUT2D eigenvalue weighted by atomic mass is 28.5. The van der Waals surface area contributed by atoms with Gasteiger partial charge in [0, 0.05) is 0 Å². The van der Waals surface area contributed by atoms with Crippen molar-refractivity contribution >= 4 is 42.8 Å². The molecule has 10 heteroatoms. The Morgan fingerprint density at radius 3 is 1.24 bits per heavy atom. The maximum absolute atomic E-state index is 6.69. The van der Waals surface area contributed by atoms with Crippen LogP contribution in [0.2, 0.25) is 65.0 Å². The Morgan fingerprint density at radius 2 is 0.880 bits per heavy atom. The molecule has 2 rings (SSSR count). The van der Waals surface area contributed by atoms with Crippen LogP contribution in [0, 0.1) is 5.92 Å². The Morgan fingerprint density at radius 1 is 0.560 bits per heavy atom. The average molecular weight is 435 g/mol. The van der Waals surface area contributed by atoms with Crippen LogP contribution < -0.4 is 0 Å². The van der Waals surface area contributed by atoms with Crippen LogP contribution in [-0.2, 0) is 20.6 Å². The van der Waals surface area contributed by atoms with Gasteiger partial charge in [0.15, 0.2) is 0 Å². The smallest absolute Gasteiger partial charge is 0.318 e. The second-order valence-electron chi connectivity index (χ2n) is 8.88. The molecule has 1 heterocycles. The molecule has 0 spiro atoms. The molecule has 0 N–H and O–H groups in total. The van der Waals surface area contributed by atoms with Crippen molar-refractivity contribution in [2.24, 2.45) is 5.92 Å². The number of allylic oxidation sites excluding steroid dienone is 4. The van der Waals surface area contributed by atoms with E-state index in [1.807, 2.05) is 0 Å². The first-order valence-electron chi connectivity index (χ1n) is 8.97. The lowest BCUT2D eigenvalue weighted by Crippen LogP contribution is -2.65. The summed E-state index contributed by atoms with van der Waals surface area (Å²) >= 11 is 0. The van der Waals surface area contributed by atoms with Gasteiger partial charge in [-0.1, -0.05) is 24.3 Å². The highest BCUT2D eigenvalue weighted by Gasteiger charge is 2.52. The molecule has 1 aliphatic carbocycles. The second kappa shape index (κ2) is 7.07. The third-order valence-corrected chi connectivity index (χ3v) is 24.2. The number of rotatable bonds is 2. The monoisotopic (exact) mass is 434 g/mol. The first kappa shape index (κ1) is 21.7. The van der Waals surface area contributed by atoms with Crippen LogP contribution in [0.3, 0.4) is 0 Å². The van der Waals surface area contributed by atoms with Crippen LogP contribution in [0.25, 0.3) is 0 Å². The van der Waals surface area contributed by atoms with Crippen LogP contribution in [0.1, 0.15) is 0 Å². The zero-order valence-electron chi connectivity index (χ0n) is 17.1. The Labute approximate surface area is 158 Å². The Hall–Kier alpha value is 0.364. The van der Waals surface area contributed by atoms with E-state index in [1.54, 1.807) is 0 Å². The largest absolute Gasteiger partial charge is 0.416 e. The van der Waals surface area contributed by atoms with Crippen molar-refractivity contribution in [3.8, 4) is 0 Å². The normalized spacial score (nSPS) is 30.3. The van der Waals surface area contributed by atoms with E-state index >= 15 is 0 Å². The second-order valence-corrected chi connectivity index (χ2v) is 26.8. The van der Waals surface area contributed by atoms with E-state index in [4.69, 9.17) is 20.6 Å². The van der Waals surface area contributed by atoms with Gasteiger partial charge in [0.05, 0.1) is 0 Å². The van der Waals surface area contributed by atoms with Gasteiger partial charge in [-0.05, 0) is 70.9 Å². The summed E-state index contributed by atoms with van der Waals surface area (Å²) in [6, 6.07) is 0.893. The molecular formula is C15H34O5Si5. The first-order valence-corrected chi connectivity index (χ1v) is 22.8. The summed E-state index contributed by atoms with van der Waals surface area (Å²) in [5.74, 6) is 0.376. The van der Waals surface area contributed by atoms with Gasteiger partial charge < -0.3 is 20.6 Å². The molecule has 144 valence electrons. The molecule has 25 heavy (non-hydrogen) atoms. The SMILES string of the molecule is C[Si]1(C)O[Si](C)(C)O[Si](C)(C)O[Si](C)(CC2C=CC=C2)O[Si](C)(C)O1. The highest BCUT2D eigenvalue weighted by Crippen LogP contribution is 2.34. The predicted molar refractivity (Wildman–Crippen MR) is 114 cm³/mol. The molecule has 0 radical (unpaired) electrons. The van der Waals surface area contributed by atoms with E-state index in [9.17, 15) is 0 Å². The van der Waals surface area contributed by atoms with Gasteiger partial charge >= 0.3 is 42.8 Å². The molecule has 0 unspecified atom stereocenters. The number of hydrogen-bond acceptors (Lipinski definition) is 5. The van der Waals surface area contributed by atoms with Crippen LogP contribution in [0.5, 0.6) is 0 Å². The Balaban J connectivity index is 2.35. The van der Waals surface area contributed by atoms with E-state index in [0.717, 1.165) is 6.04 Å². The molecule has 0 aromatic carbocycles. The third-order valence-electron chi connectivity index (χ3n) is 3.83. The maximum Gasteiger partial charge on any atom is 0.318 e. The molecule has 5 nitrogen and oxygen atoms in total. The van der Waals surface area contributed by atoms with Crippen molar-refractivity contribution in [1.29, 1.82) is 0 Å². The Bertz CT molecular complexity index is 517. The minimum atomic E-state index is -2.47. The highest BCUT2D eigenvalue weighted by molar-refractivity contribution is 6.93. The number of hydrogen-bond donors (Lipinski definition) is 0. The molecule has 0 saturated carbocycles. The van der Waals surface area contributed by atoms with E-state index in [0.29, 0.717) is 5.92 Å². The third kappa shape index (κ3) is 6.79. The zero-order chi connectivity index (χ0) is 19.1. The van der Waals surface area contributed by atoms with Gasteiger partial charge in [0.25, 0.3) is 0 Å². The van der Waals surface area contributed by atoms with Crippen molar-refractivity contribution in [3.05, 3.63) is 24.3 Å². The van der Waals surface area contributed by atoms with Gasteiger partial charge in [-0.3, -0.25) is 0 Å². The van der Waals surface area contributed by atoms with E-state index in [2.05, 4.69) is 83.2 Å². The molecule has 0 amide bonds. The molecule has 1 saturated heterocycles. The summed E-state index contributed by atoms with van der Waals surface area (Å²) in [5.41, 5.74) is 0. The van der Waals surface area contributed by atoms with Crippen molar-refractivity contribution in [3.63, 3.8) is 0 Å². The minimum Gasteiger partial charge on any atom is -0.416 e. The lowest BCUT2D eigenvalue weighted by Gasteiger charge is -2.47. The van der Waals surface area contributed by atoms with Crippen LogP contribution >= 0.6 is 0 Å². The standard InChI is InChI=1S/C15H34O5Si5/c1-21(2)16-22(3,4)18-24(7,8)20-25(9,19-23(5,6)17-21)14-15-12-10-11-13-15/h10-13,15H,14H2,1-9H3. The lowest BCUT2D eigenvalue weighted by molar-refractivity contribution is 0.235. The van der Waals surface area contributed by atoms with Gasteiger partial charge in [0.2, 0.25) is 0 Å². The fraction of sp³-hybridized carbons (Fsp3) is 0.733. The molecule has 1 aliphatic heterocycles. The van der Waals surface area contributed by atoms with Crippen molar-refractivity contribution < 1.29 is 20.6 Å². The predicted octanol–water partition coefficient (Wildman–Crippen LogP) is 4.70. The van der Waals surface area contributed by atoms with Crippen LogP contribution in [0.15, 0.2) is 24.3 Å². The van der Waals surface area contributed by atoms with E-state index in [1.165, 1.54) is 0 Å². The summed E-state index contributed by atoms with van der Waals surface area (Å²) < 4.78 is 32.8. The Kier molecular flexibility index (Phi) is 6.13. The van der Waals surface area contributed by atoms with Gasteiger partial charge in [-0.2, -0.15) is 0 Å². The lowest BCUT2D eigenvalue weighted by atomic mass is 10.2. The summed E-state index contributed by atoms with van der Waals surface area (Å²) in [5, 5.41) is 0. The molecule has 0 aromatic heterocycles.